The number of nitrogens with zero attached hydrogens (tertiary/aromatic N) is 3. The summed E-state index contributed by atoms with van der Waals surface area (Å²) in [6.07, 6.45) is 0. The summed E-state index contributed by atoms with van der Waals surface area (Å²) in [4.78, 5) is 17.9. The van der Waals surface area contributed by atoms with Crippen molar-refractivity contribution in [2.75, 3.05) is 25.1 Å². The molecule has 0 bridgehead atoms. The number of thiazole rings is 1. The molecular weight excluding hydrogens is 538 g/mol. The number of fused-ring (bicyclic) bond motifs is 1. The highest BCUT2D eigenvalue weighted by Crippen LogP contribution is 2.23. The van der Waals surface area contributed by atoms with Gasteiger partial charge in [-0.15, -0.1) is 0 Å². The highest BCUT2D eigenvalue weighted by atomic mass is 79.9. The van der Waals surface area contributed by atoms with Crippen molar-refractivity contribution in [3.8, 4) is 0 Å². The van der Waals surface area contributed by atoms with Gasteiger partial charge < -0.3 is 9.30 Å². The van der Waals surface area contributed by atoms with Crippen molar-refractivity contribution in [2.45, 2.75) is 11.4 Å². The van der Waals surface area contributed by atoms with E-state index in [1.165, 1.54) is 47.0 Å². The van der Waals surface area contributed by atoms with Gasteiger partial charge in [0, 0.05) is 30.7 Å². The lowest BCUT2D eigenvalue weighted by Gasteiger charge is -2.19. The molecule has 0 saturated heterocycles. The van der Waals surface area contributed by atoms with E-state index in [2.05, 4.69) is 20.9 Å². The molecule has 0 aliphatic rings. The smallest absolute Gasteiger partial charge is 0.279 e. The molecule has 4 aromatic rings. The topological polar surface area (TPSA) is 81.0 Å². The van der Waals surface area contributed by atoms with Crippen LogP contribution in [0.15, 0.2) is 87.2 Å². The molecule has 0 spiro atoms. The molecule has 0 unspecified atom stereocenters. The van der Waals surface area contributed by atoms with Gasteiger partial charge >= 0.3 is 0 Å². The van der Waals surface area contributed by atoms with Crippen LogP contribution in [0.5, 0.6) is 0 Å². The average Bonchev–Trinajstić information content (AvgIpc) is 3.18. The zero-order valence-electron chi connectivity index (χ0n) is 18.5. The van der Waals surface area contributed by atoms with Crippen molar-refractivity contribution >= 4 is 59.1 Å². The standard InChI is InChI=1S/C24H22BrN3O4S2/c1-27(19-6-4-3-5-7-19)34(30,31)20-11-8-17(9-12-20)23(29)26-24-28(14-15-32-2)21-13-10-18(25)16-22(21)33-24/h3-13,16H,14-15H2,1-2H3. The zero-order valence-corrected chi connectivity index (χ0v) is 21.7. The maximum Gasteiger partial charge on any atom is 0.279 e. The van der Waals surface area contributed by atoms with Crippen molar-refractivity contribution < 1.29 is 17.9 Å². The number of aromatic nitrogens is 1. The summed E-state index contributed by atoms with van der Waals surface area (Å²) in [5.74, 6) is -0.447. The van der Waals surface area contributed by atoms with Crippen molar-refractivity contribution in [1.82, 2.24) is 4.57 Å². The first-order chi connectivity index (χ1) is 16.3. The Morgan fingerprint density at radius 1 is 1.09 bits per heavy atom. The monoisotopic (exact) mass is 559 g/mol. The molecule has 1 aromatic heterocycles. The van der Waals surface area contributed by atoms with Crippen LogP contribution in [0.3, 0.4) is 0 Å². The summed E-state index contributed by atoms with van der Waals surface area (Å²) in [5, 5.41) is 0. The second-order valence-corrected chi connectivity index (χ2v) is 11.3. The predicted molar refractivity (Wildman–Crippen MR) is 138 cm³/mol. The van der Waals surface area contributed by atoms with Crippen molar-refractivity contribution in [2.24, 2.45) is 4.99 Å². The molecule has 176 valence electrons. The Kier molecular flexibility index (Phi) is 7.32. The van der Waals surface area contributed by atoms with Crippen molar-refractivity contribution in [3.05, 3.63) is 87.6 Å². The normalized spacial score (nSPS) is 12.3. The van der Waals surface area contributed by atoms with Crippen molar-refractivity contribution in [1.29, 1.82) is 0 Å². The van der Waals surface area contributed by atoms with Crippen LogP contribution in [0.2, 0.25) is 0 Å². The van der Waals surface area contributed by atoms with Crippen LogP contribution in [0.25, 0.3) is 10.2 Å². The van der Waals surface area contributed by atoms with E-state index in [4.69, 9.17) is 4.74 Å². The number of rotatable bonds is 7. The Labute approximate surface area is 210 Å². The molecular formula is C24H22BrN3O4S2. The Morgan fingerprint density at radius 2 is 1.79 bits per heavy atom. The van der Waals surface area contributed by atoms with Crippen LogP contribution in [-0.4, -0.2) is 39.7 Å². The van der Waals surface area contributed by atoms with E-state index in [9.17, 15) is 13.2 Å². The molecule has 0 aliphatic heterocycles. The number of ether oxygens (including phenoxy) is 1. The van der Waals surface area contributed by atoms with Gasteiger partial charge in [0.1, 0.15) is 0 Å². The summed E-state index contributed by atoms with van der Waals surface area (Å²) < 4.78 is 36.3. The van der Waals surface area contributed by atoms with Gasteiger partial charge in [-0.05, 0) is 54.6 Å². The molecule has 34 heavy (non-hydrogen) atoms. The van der Waals surface area contributed by atoms with Gasteiger partial charge in [0.05, 0.1) is 27.4 Å². The third kappa shape index (κ3) is 5.00. The Balaban J connectivity index is 1.65. The third-order valence-corrected chi connectivity index (χ3v) is 8.57. The fourth-order valence-corrected chi connectivity index (χ4v) is 6.19. The van der Waals surface area contributed by atoms with E-state index in [1.54, 1.807) is 31.4 Å². The van der Waals surface area contributed by atoms with Crippen LogP contribution in [0.4, 0.5) is 5.69 Å². The number of para-hydroxylation sites is 1. The second kappa shape index (κ2) is 10.2. The summed E-state index contributed by atoms with van der Waals surface area (Å²) in [7, 11) is -0.640. The van der Waals surface area contributed by atoms with Gasteiger partial charge in [-0.25, -0.2) is 8.42 Å². The van der Waals surface area contributed by atoms with Crippen molar-refractivity contribution in [3.63, 3.8) is 0 Å². The lowest BCUT2D eigenvalue weighted by Crippen LogP contribution is -2.26. The fourth-order valence-electron chi connectivity index (χ4n) is 3.39. The summed E-state index contributed by atoms with van der Waals surface area (Å²) >= 11 is 4.88. The number of sulfonamides is 1. The van der Waals surface area contributed by atoms with Crippen LogP contribution in [-0.2, 0) is 21.3 Å². The lowest BCUT2D eigenvalue weighted by atomic mass is 10.2. The predicted octanol–water partition coefficient (Wildman–Crippen LogP) is 4.68. The number of carbonyl (C=O) groups excluding carboxylic acids is 1. The summed E-state index contributed by atoms with van der Waals surface area (Å²) in [6, 6.07) is 20.5. The molecule has 3 aromatic carbocycles. The highest BCUT2D eigenvalue weighted by Gasteiger charge is 2.21. The van der Waals surface area contributed by atoms with Crippen LogP contribution < -0.4 is 9.11 Å². The van der Waals surface area contributed by atoms with Gasteiger partial charge in [0.25, 0.3) is 15.9 Å². The van der Waals surface area contributed by atoms with Gasteiger partial charge in [-0.1, -0.05) is 45.5 Å². The Morgan fingerprint density at radius 3 is 2.47 bits per heavy atom. The minimum Gasteiger partial charge on any atom is -0.383 e. The first-order valence-corrected chi connectivity index (χ1v) is 13.4. The van der Waals surface area contributed by atoms with Crippen LogP contribution in [0, 0.1) is 0 Å². The highest BCUT2D eigenvalue weighted by molar-refractivity contribution is 9.10. The molecule has 1 heterocycles. The number of methoxy groups -OCH3 is 1. The Hall–Kier alpha value is -2.79. The van der Waals surface area contributed by atoms with E-state index in [-0.39, 0.29) is 4.90 Å². The van der Waals surface area contributed by atoms with Gasteiger partial charge in [-0.2, -0.15) is 4.99 Å². The minimum atomic E-state index is -3.76. The van der Waals surface area contributed by atoms with E-state index in [0.717, 1.165) is 14.7 Å². The molecule has 0 fully saturated rings. The molecule has 0 saturated carbocycles. The molecule has 0 radical (unpaired) electrons. The molecule has 0 atom stereocenters. The van der Waals surface area contributed by atoms with E-state index in [0.29, 0.717) is 29.2 Å². The van der Waals surface area contributed by atoms with Gasteiger partial charge in [0.15, 0.2) is 4.80 Å². The third-order valence-electron chi connectivity index (χ3n) is 5.24. The zero-order chi connectivity index (χ0) is 24.3. The molecule has 4 rings (SSSR count). The summed E-state index contributed by atoms with van der Waals surface area (Å²) in [6.45, 7) is 1.03. The molecule has 10 heteroatoms. The average molecular weight is 560 g/mol. The van der Waals surface area contributed by atoms with Crippen LogP contribution in [0.1, 0.15) is 10.4 Å². The first-order valence-electron chi connectivity index (χ1n) is 10.3. The number of carbonyl (C=O) groups is 1. The maximum atomic E-state index is 13.0. The number of halogens is 1. The second-order valence-electron chi connectivity index (χ2n) is 7.39. The summed E-state index contributed by atoms with van der Waals surface area (Å²) in [5.41, 5.74) is 1.81. The van der Waals surface area contributed by atoms with Crippen LogP contribution >= 0.6 is 27.3 Å². The van der Waals surface area contributed by atoms with Gasteiger partial charge in [-0.3, -0.25) is 9.10 Å². The fraction of sp³-hybridized carbons (Fsp3) is 0.167. The number of benzene rings is 3. The quantitative estimate of drug-likeness (QED) is 0.329. The largest absolute Gasteiger partial charge is 0.383 e. The van der Waals surface area contributed by atoms with E-state index >= 15 is 0 Å². The molecule has 1 amide bonds. The molecule has 0 N–H and O–H groups in total. The van der Waals surface area contributed by atoms with E-state index < -0.39 is 15.9 Å². The number of amides is 1. The SMILES string of the molecule is COCCn1c(=NC(=O)c2ccc(S(=O)(=O)N(C)c3ccccc3)cc2)sc2cc(Br)ccc21. The molecule has 0 aliphatic carbocycles. The number of hydrogen-bond donors (Lipinski definition) is 0. The van der Waals surface area contributed by atoms with E-state index in [1.807, 2.05) is 28.8 Å². The van der Waals surface area contributed by atoms with Gasteiger partial charge in [0.2, 0.25) is 0 Å². The lowest BCUT2D eigenvalue weighted by molar-refractivity contribution is 0.0997. The number of anilines is 1. The minimum absolute atomic E-state index is 0.0947. The number of hydrogen-bond acceptors (Lipinski definition) is 5. The molecule has 7 nitrogen and oxygen atoms in total. The Bertz CT molecular complexity index is 1500. The maximum absolute atomic E-state index is 13.0. The first kappa shape index (κ1) is 24.3.